The Morgan fingerprint density at radius 1 is 1.47 bits per heavy atom. The molecule has 2 rings (SSSR count). The molecule has 0 saturated carbocycles. The maximum Gasteiger partial charge on any atom is 0.263 e. The summed E-state index contributed by atoms with van der Waals surface area (Å²) in [6.45, 7) is 5.93. The molecular formula is C13H19N3O3. The van der Waals surface area contributed by atoms with E-state index in [2.05, 4.69) is 4.98 Å². The van der Waals surface area contributed by atoms with Crippen molar-refractivity contribution in [2.75, 3.05) is 32.0 Å². The van der Waals surface area contributed by atoms with Crippen molar-refractivity contribution in [2.45, 2.75) is 20.0 Å². The van der Waals surface area contributed by atoms with E-state index in [9.17, 15) is 4.79 Å². The first-order valence-electron chi connectivity index (χ1n) is 6.34. The maximum atomic E-state index is 12.2. The molecule has 1 aliphatic heterocycles. The van der Waals surface area contributed by atoms with Crippen molar-refractivity contribution in [3.8, 4) is 5.75 Å². The highest BCUT2D eigenvalue weighted by molar-refractivity contribution is 5.81. The molecule has 0 aromatic carbocycles. The van der Waals surface area contributed by atoms with Gasteiger partial charge < -0.3 is 20.1 Å². The molecule has 1 atom stereocenters. The zero-order valence-electron chi connectivity index (χ0n) is 11.3. The molecule has 1 saturated heterocycles. The second-order valence-electron chi connectivity index (χ2n) is 4.53. The fraction of sp³-hybridized carbons (Fsp3) is 0.538. The molecule has 19 heavy (non-hydrogen) atoms. The Labute approximate surface area is 112 Å². The monoisotopic (exact) mass is 265 g/mol. The molecule has 0 bridgehead atoms. The fourth-order valence-corrected chi connectivity index (χ4v) is 1.95. The standard InChI is InChI=1S/C13H19N3O3/c1-9-3-4-11(12(14)15-9)19-10(2)13(17)16-5-7-18-8-6-16/h3-4,10H,5-8H2,1-2H3,(H2,14,15). The van der Waals surface area contributed by atoms with Crippen molar-refractivity contribution < 1.29 is 14.3 Å². The molecule has 6 heteroatoms. The Hall–Kier alpha value is -1.82. The van der Waals surface area contributed by atoms with Gasteiger partial charge in [0.2, 0.25) is 0 Å². The van der Waals surface area contributed by atoms with E-state index in [1.54, 1.807) is 24.0 Å². The number of pyridine rings is 1. The molecule has 1 aromatic heterocycles. The lowest BCUT2D eigenvalue weighted by Gasteiger charge is -2.29. The zero-order valence-corrected chi connectivity index (χ0v) is 11.3. The van der Waals surface area contributed by atoms with Crippen LogP contribution in [0.25, 0.3) is 0 Å². The van der Waals surface area contributed by atoms with E-state index in [0.29, 0.717) is 37.9 Å². The van der Waals surface area contributed by atoms with E-state index in [-0.39, 0.29) is 5.91 Å². The van der Waals surface area contributed by atoms with Gasteiger partial charge in [-0.05, 0) is 26.0 Å². The van der Waals surface area contributed by atoms with Gasteiger partial charge in [-0.3, -0.25) is 4.79 Å². The molecule has 1 aliphatic rings. The summed E-state index contributed by atoms with van der Waals surface area (Å²) in [6.07, 6.45) is -0.579. The number of rotatable bonds is 3. The van der Waals surface area contributed by atoms with Crippen LogP contribution in [-0.2, 0) is 9.53 Å². The number of aromatic nitrogens is 1. The summed E-state index contributed by atoms with van der Waals surface area (Å²) in [4.78, 5) is 18.0. The van der Waals surface area contributed by atoms with E-state index >= 15 is 0 Å². The number of morpholine rings is 1. The second-order valence-corrected chi connectivity index (χ2v) is 4.53. The average Bonchev–Trinajstić information content (AvgIpc) is 2.42. The molecule has 1 fully saturated rings. The van der Waals surface area contributed by atoms with Crippen LogP contribution in [0, 0.1) is 6.92 Å². The average molecular weight is 265 g/mol. The molecule has 104 valence electrons. The third-order valence-electron chi connectivity index (χ3n) is 3.00. The fourth-order valence-electron chi connectivity index (χ4n) is 1.95. The van der Waals surface area contributed by atoms with Crippen molar-refractivity contribution in [1.82, 2.24) is 9.88 Å². The number of hydrogen-bond donors (Lipinski definition) is 1. The van der Waals surface area contributed by atoms with Gasteiger partial charge in [0.15, 0.2) is 17.7 Å². The molecule has 2 N–H and O–H groups in total. The van der Waals surface area contributed by atoms with E-state index in [0.717, 1.165) is 5.69 Å². The number of amides is 1. The number of nitrogen functional groups attached to an aromatic ring is 1. The molecule has 0 spiro atoms. The highest BCUT2D eigenvalue weighted by Crippen LogP contribution is 2.20. The maximum absolute atomic E-state index is 12.2. The number of carbonyl (C=O) groups excluding carboxylic acids is 1. The first-order chi connectivity index (χ1) is 9.08. The Morgan fingerprint density at radius 2 is 2.16 bits per heavy atom. The number of anilines is 1. The van der Waals surface area contributed by atoms with Gasteiger partial charge in [-0.2, -0.15) is 0 Å². The molecular weight excluding hydrogens is 246 g/mol. The van der Waals surface area contributed by atoms with Crippen LogP contribution in [-0.4, -0.2) is 48.2 Å². The van der Waals surface area contributed by atoms with Gasteiger partial charge in [0.25, 0.3) is 5.91 Å². The van der Waals surface area contributed by atoms with Gasteiger partial charge in [0.05, 0.1) is 13.2 Å². The van der Waals surface area contributed by atoms with Gasteiger partial charge in [0, 0.05) is 18.8 Å². The third kappa shape index (κ3) is 3.35. The Bertz CT molecular complexity index is 458. The number of hydrogen-bond acceptors (Lipinski definition) is 5. The zero-order chi connectivity index (χ0) is 13.8. The molecule has 1 aromatic rings. The predicted molar refractivity (Wildman–Crippen MR) is 70.9 cm³/mol. The first kappa shape index (κ1) is 13.6. The molecule has 0 radical (unpaired) electrons. The summed E-state index contributed by atoms with van der Waals surface area (Å²) < 4.78 is 10.8. The third-order valence-corrected chi connectivity index (χ3v) is 3.00. The van der Waals surface area contributed by atoms with Crippen molar-refractivity contribution in [3.05, 3.63) is 17.8 Å². The van der Waals surface area contributed by atoms with Crippen LogP contribution in [0.3, 0.4) is 0 Å². The molecule has 6 nitrogen and oxygen atoms in total. The lowest BCUT2D eigenvalue weighted by Crippen LogP contribution is -2.46. The topological polar surface area (TPSA) is 77.7 Å². The van der Waals surface area contributed by atoms with Crippen LogP contribution in [0.2, 0.25) is 0 Å². The number of aryl methyl sites for hydroxylation is 1. The summed E-state index contributed by atoms with van der Waals surface area (Å²) >= 11 is 0. The Morgan fingerprint density at radius 3 is 2.79 bits per heavy atom. The normalized spacial score (nSPS) is 17.1. The predicted octanol–water partition coefficient (Wildman–Crippen LogP) is 0.598. The van der Waals surface area contributed by atoms with E-state index in [1.807, 2.05) is 6.92 Å². The minimum absolute atomic E-state index is 0.0525. The molecule has 0 aliphatic carbocycles. The van der Waals surface area contributed by atoms with E-state index in [4.69, 9.17) is 15.2 Å². The number of nitrogens with zero attached hydrogens (tertiary/aromatic N) is 2. The van der Waals surface area contributed by atoms with Gasteiger partial charge in [-0.15, -0.1) is 0 Å². The SMILES string of the molecule is Cc1ccc(OC(C)C(=O)N2CCOCC2)c(N)n1. The molecule has 1 unspecified atom stereocenters. The van der Waals surface area contributed by atoms with Gasteiger partial charge >= 0.3 is 0 Å². The summed E-state index contributed by atoms with van der Waals surface area (Å²) in [5, 5.41) is 0. The molecule has 2 heterocycles. The highest BCUT2D eigenvalue weighted by atomic mass is 16.5. The van der Waals surface area contributed by atoms with E-state index < -0.39 is 6.10 Å². The number of carbonyl (C=O) groups is 1. The summed E-state index contributed by atoms with van der Waals surface area (Å²) in [7, 11) is 0. The minimum atomic E-state index is -0.579. The van der Waals surface area contributed by atoms with Crippen LogP contribution in [0.15, 0.2) is 12.1 Å². The van der Waals surface area contributed by atoms with Gasteiger partial charge in [-0.1, -0.05) is 0 Å². The van der Waals surface area contributed by atoms with Gasteiger partial charge in [-0.25, -0.2) is 4.98 Å². The number of ether oxygens (including phenoxy) is 2. The van der Waals surface area contributed by atoms with Crippen molar-refractivity contribution >= 4 is 11.7 Å². The van der Waals surface area contributed by atoms with Crippen molar-refractivity contribution in [2.24, 2.45) is 0 Å². The Balaban J connectivity index is 1.99. The minimum Gasteiger partial charge on any atom is -0.477 e. The second kappa shape index (κ2) is 5.88. The van der Waals surface area contributed by atoms with Crippen molar-refractivity contribution in [3.63, 3.8) is 0 Å². The van der Waals surface area contributed by atoms with Crippen molar-refractivity contribution in [1.29, 1.82) is 0 Å². The summed E-state index contributed by atoms with van der Waals surface area (Å²) in [5.74, 6) is 0.699. The smallest absolute Gasteiger partial charge is 0.263 e. The highest BCUT2D eigenvalue weighted by Gasteiger charge is 2.24. The quantitative estimate of drug-likeness (QED) is 0.866. The van der Waals surface area contributed by atoms with Crippen LogP contribution in [0.5, 0.6) is 5.75 Å². The van der Waals surface area contributed by atoms with Crippen LogP contribution in [0.1, 0.15) is 12.6 Å². The summed E-state index contributed by atoms with van der Waals surface area (Å²) in [6, 6.07) is 3.54. The van der Waals surface area contributed by atoms with E-state index in [1.165, 1.54) is 0 Å². The Kier molecular flexibility index (Phi) is 4.21. The van der Waals surface area contributed by atoms with Gasteiger partial charge in [0.1, 0.15) is 0 Å². The lowest BCUT2D eigenvalue weighted by atomic mass is 10.3. The van der Waals surface area contributed by atoms with Crippen LogP contribution < -0.4 is 10.5 Å². The largest absolute Gasteiger partial charge is 0.477 e. The number of nitrogens with two attached hydrogens (primary N) is 1. The summed E-state index contributed by atoms with van der Waals surface area (Å²) in [5.41, 5.74) is 6.58. The first-order valence-corrected chi connectivity index (χ1v) is 6.34. The molecule has 1 amide bonds. The lowest BCUT2D eigenvalue weighted by molar-refractivity contribution is -0.142. The van der Waals surface area contributed by atoms with Crippen LogP contribution >= 0.6 is 0 Å². The van der Waals surface area contributed by atoms with Crippen LogP contribution in [0.4, 0.5) is 5.82 Å².